The molecule has 0 atom stereocenters. The number of rotatable bonds is 1. The number of dihydropyridines is 1. The van der Waals surface area contributed by atoms with Gasteiger partial charge in [-0.1, -0.05) is 26.5 Å². The molecule has 1 heteroatoms. The number of allylic oxidation sites excluding steroid dienone is 1. The topological polar surface area (TPSA) is 12.4 Å². The summed E-state index contributed by atoms with van der Waals surface area (Å²) in [6.07, 6.45) is 4.10. The Bertz CT molecular complexity index is 197. The summed E-state index contributed by atoms with van der Waals surface area (Å²) in [5.74, 6) is 0.546. The number of hydrogen-bond donors (Lipinski definition) is 0. The van der Waals surface area contributed by atoms with E-state index >= 15 is 0 Å². The Kier molecular flexibility index (Phi) is 2.05. The normalized spacial score (nSPS) is 17.9. The molecule has 0 fully saturated rings. The first kappa shape index (κ1) is 7.26. The summed E-state index contributed by atoms with van der Waals surface area (Å²) in [6.45, 7) is 8.90. The van der Waals surface area contributed by atoms with E-state index in [0.29, 0.717) is 5.92 Å². The number of hydrogen-bond acceptors (Lipinski definition) is 1. The summed E-state index contributed by atoms with van der Waals surface area (Å²) in [6, 6.07) is 0. The molecule has 0 amide bonds. The Morgan fingerprint density at radius 1 is 1.50 bits per heavy atom. The summed E-state index contributed by atoms with van der Waals surface area (Å²) in [7, 11) is 0. The van der Waals surface area contributed by atoms with E-state index in [2.05, 4.69) is 31.5 Å². The second kappa shape index (κ2) is 2.82. The zero-order valence-corrected chi connectivity index (χ0v) is 6.59. The van der Waals surface area contributed by atoms with Crippen molar-refractivity contribution in [1.29, 1.82) is 0 Å². The van der Waals surface area contributed by atoms with Crippen LogP contribution in [0.15, 0.2) is 29.3 Å². The maximum Gasteiger partial charge on any atom is 0.0637 e. The summed E-state index contributed by atoms with van der Waals surface area (Å²) < 4.78 is 0. The van der Waals surface area contributed by atoms with E-state index in [9.17, 15) is 0 Å². The van der Waals surface area contributed by atoms with E-state index in [1.807, 2.05) is 6.08 Å². The molecule has 1 rings (SSSR count). The van der Waals surface area contributed by atoms with E-state index in [4.69, 9.17) is 0 Å². The molecule has 1 heterocycles. The zero-order valence-electron chi connectivity index (χ0n) is 6.59. The molecule has 0 unspecified atom stereocenters. The van der Waals surface area contributed by atoms with Gasteiger partial charge < -0.3 is 0 Å². The number of nitrogens with zero attached hydrogens (tertiary/aromatic N) is 1. The van der Waals surface area contributed by atoms with Gasteiger partial charge in [0.15, 0.2) is 0 Å². The fourth-order valence-electron chi connectivity index (χ4n) is 0.876. The standard InChI is InChI=1S/C9H13N/c1-7(2)9-5-4-8(3)6-10-9/h4-5,7H,3,6H2,1-2H3. The largest absolute Gasteiger partial charge is 0.285 e. The quantitative estimate of drug-likeness (QED) is 0.522. The van der Waals surface area contributed by atoms with Crippen molar-refractivity contribution >= 4 is 5.71 Å². The molecule has 0 N–H and O–H groups in total. The van der Waals surface area contributed by atoms with Gasteiger partial charge in [-0.3, -0.25) is 4.99 Å². The van der Waals surface area contributed by atoms with Crippen molar-refractivity contribution < 1.29 is 0 Å². The lowest BCUT2D eigenvalue weighted by Crippen LogP contribution is -2.08. The van der Waals surface area contributed by atoms with E-state index in [-0.39, 0.29) is 0 Å². The molecule has 0 saturated heterocycles. The van der Waals surface area contributed by atoms with Crippen LogP contribution in [0.2, 0.25) is 0 Å². The molecule has 1 aliphatic rings. The van der Waals surface area contributed by atoms with E-state index in [0.717, 1.165) is 12.1 Å². The molecular formula is C9H13N. The first-order chi connectivity index (χ1) is 4.70. The van der Waals surface area contributed by atoms with Crippen LogP contribution >= 0.6 is 0 Å². The van der Waals surface area contributed by atoms with Crippen molar-refractivity contribution in [2.24, 2.45) is 10.9 Å². The average Bonchev–Trinajstić information content (AvgIpc) is 1.88. The van der Waals surface area contributed by atoms with Crippen molar-refractivity contribution in [3.63, 3.8) is 0 Å². The van der Waals surface area contributed by atoms with E-state index in [1.54, 1.807) is 0 Å². The van der Waals surface area contributed by atoms with Gasteiger partial charge in [-0.15, -0.1) is 0 Å². The van der Waals surface area contributed by atoms with Crippen LogP contribution < -0.4 is 0 Å². The van der Waals surface area contributed by atoms with Gasteiger partial charge >= 0.3 is 0 Å². The molecule has 0 radical (unpaired) electrons. The molecule has 1 nitrogen and oxygen atoms in total. The van der Waals surface area contributed by atoms with Crippen molar-refractivity contribution in [3.05, 3.63) is 24.3 Å². The maximum absolute atomic E-state index is 4.34. The summed E-state index contributed by atoms with van der Waals surface area (Å²) in [5.41, 5.74) is 2.29. The third kappa shape index (κ3) is 1.56. The van der Waals surface area contributed by atoms with Crippen LogP contribution in [0.5, 0.6) is 0 Å². The predicted octanol–water partition coefficient (Wildman–Crippen LogP) is 2.21. The highest BCUT2D eigenvalue weighted by Gasteiger charge is 2.03. The molecule has 0 aromatic carbocycles. The molecule has 0 aliphatic carbocycles. The van der Waals surface area contributed by atoms with Gasteiger partial charge in [0.1, 0.15) is 0 Å². The third-order valence-electron chi connectivity index (χ3n) is 1.55. The highest BCUT2D eigenvalue weighted by molar-refractivity contribution is 5.97. The molecule has 0 aromatic heterocycles. The first-order valence-corrected chi connectivity index (χ1v) is 3.60. The van der Waals surface area contributed by atoms with Crippen LogP contribution in [-0.2, 0) is 0 Å². The Morgan fingerprint density at radius 3 is 2.60 bits per heavy atom. The predicted molar refractivity (Wildman–Crippen MR) is 45.4 cm³/mol. The van der Waals surface area contributed by atoms with E-state index < -0.39 is 0 Å². The monoisotopic (exact) mass is 135 g/mol. The van der Waals surface area contributed by atoms with Gasteiger partial charge in [-0.05, 0) is 17.6 Å². The summed E-state index contributed by atoms with van der Waals surface area (Å²) >= 11 is 0. The summed E-state index contributed by atoms with van der Waals surface area (Å²) in [5, 5.41) is 0. The van der Waals surface area contributed by atoms with Gasteiger partial charge in [0, 0.05) is 5.71 Å². The van der Waals surface area contributed by atoms with Gasteiger partial charge in [0.05, 0.1) is 6.54 Å². The van der Waals surface area contributed by atoms with Crippen molar-refractivity contribution in [2.45, 2.75) is 13.8 Å². The van der Waals surface area contributed by atoms with E-state index in [1.165, 1.54) is 5.71 Å². The molecule has 10 heavy (non-hydrogen) atoms. The van der Waals surface area contributed by atoms with Crippen LogP contribution in [0.25, 0.3) is 0 Å². The second-order valence-corrected chi connectivity index (χ2v) is 2.89. The van der Waals surface area contributed by atoms with Crippen LogP contribution in [0.4, 0.5) is 0 Å². The highest BCUT2D eigenvalue weighted by atomic mass is 14.7. The molecule has 54 valence electrons. The van der Waals surface area contributed by atoms with Crippen LogP contribution in [0, 0.1) is 5.92 Å². The zero-order chi connectivity index (χ0) is 7.56. The van der Waals surface area contributed by atoms with Gasteiger partial charge in [-0.2, -0.15) is 0 Å². The van der Waals surface area contributed by atoms with Gasteiger partial charge in [0.25, 0.3) is 0 Å². The van der Waals surface area contributed by atoms with Crippen LogP contribution in [-0.4, -0.2) is 12.3 Å². The number of aliphatic imine (C=N–C) groups is 1. The molecule has 0 spiro atoms. The minimum absolute atomic E-state index is 0.546. The molecule has 0 saturated carbocycles. The SMILES string of the molecule is C=C1C=CC(C(C)C)=NC1. The molecular weight excluding hydrogens is 122 g/mol. The van der Waals surface area contributed by atoms with Gasteiger partial charge in [-0.25, -0.2) is 0 Å². The Morgan fingerprint density at radius 2 is 2.20 bits per heavy atom. The fraction of sp³-hybridized carbons (Fsp3) is 0.444. The third-order valence-corrected chi connectivity index (χ3v) is 1.55. The Balaban J connectivity index is 2.67. The fourth-order valence-corrected chi connectivity index (χ4v) is 0.876. The van der Waals surface area contributed by atoms with Gasteiger partial charge in [0.2, 0.25) is 0 Å². The average molecular weight is 135 g/mol. The maximum atomic E-state index is 4.34. The lowest BCUT2D eigenvalue weighted by atomic mass is 10.0. The second-order valence-electron chi connectivity index (χ2n) is 2.89. The minimum atomic E-state index is 0.546. The van der Waals surface area contributed by atoms with Crippen LogP contribution in [0.3, 0.4) is 0 Å². The first-order valence-electron chi connectivity index (χ1n) is 3.60. The minimum Gasteiger partial charge on any atom is -0.285 e. The smallest absolute Gasteiger partial charge is 0.0637 e. The van der Waals surface area contributed by atoms with Crippen molar-refractivity contribution in [2.75, 3.05) is 6.54 Å². The molecule has 0 aromatic rings. The van der Waals surface area contributed by atoms with Crippen molar-refractivity contribution in [3.8, 4) is 0 Å². The molecule has 0 bridgehead atoms. The highest BCUT2D eigenvalue weighted by Crippen LogP contribution is 2.07. The lowest BCUT2D eigenvalue weighted by molar-refractivity contribution is 0.877. The Labute approximate surface area is 62.2 Å². The lowest BCUT2D eigenvalue weighted by Gasteiger charge is -2.09. The Hall–Kier alpha value is -0.850. The summed E-state index contributed by atoms with van der Waals surface area (Å²) in [4.78, 5) is 4.34. The molecule has 1 aliphatic heterocycles. The van der Waals surface area contributed by atoms with Crippen molar-refractivity contribution in [1.82, 2.24) is 0 Å². The van der Waals surface area contributed by atoms with Crippen LogP contribution in [0.1, 0.15) is 13.8 Å².